The van der Waals surface area contributed by atoms with Crippen molar-refractivity contribution in [1.29, 1.82) is 0 Å². The number of oxime groups is 1. The minimum atomic E-state index is -1.02. The summed E-state index contributed by atoms with van der Waals surface area (Å²) in [6, 6.07) is 19.1. The summed E-state index contributed by atoms with van der Waals surface area (Å²) in [6.07, 6.45) is 0. The number of rotatable bonds is 5. The van der Waals surface area contributed by atoms with Crippen LogP contribution < -0.4 is 5.73 Å². The molecule has 2 aromatic carbocycles. The van der Waals surface area contributed by atoms with Gasteiger partial charge in [-0.15, -0.1) is 0 Å². The minimum absolute atomic E-state index is 0.124. The molecule has 2 aromatic heterocycles. The third-order valence-electron chi connectivity index (χ3n) is 4.62. The van der Waals surface area contributed by atoms with Gasteiger partial charge in [0.05, 0.1) is 6.54 Å². The van der Waals surface area contributed by atoms with Gasteiger partial charge in [-0.05, 0) is 34.5 Å². The highest BCUT2D eigenvalue weighted by Crippen LogP contribution is 2.24. The molecule has 7 heteroatoms. The molecule has 0 bridgehead atoms. The molecule has 28 heavy (non-hydrogen) atoms. The number of amidine groups is 1. The lowest BCUT2D eigenvalue weighted by Gasteiger charge is -2.11. The van der Waals surface area contributed by atoms with Gasteiger partial charge in [-0.3, -0.25) is 0 Å². The average Bonchev–Trinajstić information content (AvgIpc) is 3.06. The molecule has 0 aliphatic heterocycles. The predicted octanol–water partition coefficient (Wildman–Crippen LogP) is 3.20. The molecule has 0 fully saturated rings. The maximum Gasteiger partial charge on any atom is 0.352 e. The van der Waals surface area contributed by atoms with Crippen LogP contribution in [0.5, 0.6) is 0 Å². The van der Waals surface area contributed by atoms with Crippen molar-refractivity contribution in [1.82, 2.24) is 9.55 Å². The fraction of sp³-hybridized carbons (Fsp3) is 0.0952. The molecule has 140 valence electrons. The number of carboxylic acids is 1. The van der Waals surface area contributed by atoms with Crippen molar-refractivity contribution in [2.45, 2.75) is 6.54 Å². The minimum Gasteiger partial charge on any atom is -0.477 e. The first-order chi connectivity index (χ1) is 13.6. The van der Waals surface area contributed by atoms with Crippen LogP contribution in [0.4, 0.5) is 0 Å². The van der Waals surface area contributed by atoms with Gasteiger partial charge in [0.15, 0.2) is 5.84 Å². The molecule has 3 N–H and O–H groups in total. The van der Waals surface area contributed by atoms with E-state index in [1.54, 1.807) is 22.8 Å². The van der Waals surface area contributed by atoms with E-state index in [-0.39, 0.29) is 11.5 Å². The molecule has 0 radical (unpaired) electrons. The Balaban J connectivity index is 1.90. The van der Waals surface area contributed by atoms with E-state index >= 15 is 0 Å². The fourth-order valence-electron chi connectivity index (χ4n) is 3.35. The Kier molecular flexibility index (Phi) is 4.41. The van der Waals surface area contributed by atoms with E-state index in [2.05, 4.69) is 10.1 Å². The number of aromatic nitrogens is 2. The van der Waals surface area contributed by atoms with Gasteiger partial charge in [-0.1, -0.05) is 47.6 Å². The third-order valence-corrected chi connectivity index (χ3v) is 4.62. The van der Waals surface area contributed by atoms with Crippen molar-refractivity contribution in [3.8, 4) is 0 Å². The van der Waals surface area contributed by atoms with E-state index in [0.717, 1.165) is 16.3 Å². The fourth-order valence-corrected chi connectivity index (χ4v) is 3.35. The number of fused-ring (bicyclic) bond motifs is 2. The van der Waals surface area contributed by atoms with Crippen molar-refractivity contribution in [2.24, 2.45) is 10.9 Å². The van der Waals surface area contributed by atoms with Crippen molar-refractivity contribution in [2.75, 3.05) is 7.11 Å². The molecular weight excluding hydrogens is 356 g/mol. The number of nitrogens with zero attached hydrogens (tertiary/aromatic N) is 3. The Labute approximate surface area is 160 Å². The van der Waals surface area contributed by atoms with E-state index in [1.807, 2.05) is 42.5 Å². The maximum atomic E-state index is 11.8. The zero-order chi connectivity index (χ0) is 19.7. The highest BCUT2D eigenvalue weighted by atomic mass is 16.6. The molecule has 2 heterocycles. The molecular formula is C21H18N4O3. The Bertz CT molecular complexity index is 1220. The number of benzene rings is 2. The van der Waals surface area contributed by atoms with Crippen molar-refractivity contribution >= 4 is 33.6 Å². The van der Waals surface area contributed by atoms with Crippen LogP contribution in [0.15, 0.2) is 65.8 Å². The van der Waals surface area contributed by atoms with E-state index in [9.17, 15) is 9.90 Å². The number of aromatic carboxylic acids is 1. The number of carboxylic acid groups (broad SMARTS) is 1. The van der Waals surface area contributed by atoms with Gasteiger partial charge in [0.25, 0.3) is 0 Å². The summed E-state index contributed by atoms with van der Waals surface area (Å²) in [5.74, 6) is -0.891. The number of hydrogen-bond donors (Lipinski definition) is 2. The van der Waals surface area contributed by atoms with Gasteiger partial charge in [-0.2, -0.15) is 0 Å². The predicted molar refractivity (Wildman–Crippen MR) is 107 cm³/mol. The molecule has 0 spiro atoms. The monoisotopic (exact) mass is 374 g/mol. The van der Waals surface area contributed by atoms with Gasteiger partial charge in [-0.25, -0.2) is 9.78 Å². The van der Waals surface area contributed by atoms with Crippen LogP contribution in [0.25, 0.3) is 21.8 Å². The summed E-state index contributed by atoms with van der Waals surface area (Å²) in [6.45, 7) is 0.365. The summed E-state index contributed by atoms with van der Waals surface area (Å²) in [4.78, 5) is 21.1. The Hall–Kier alpha value is -3.87. The lowest BCUT2D eigenvalue weighted by atomic mass is 10.0. The molecule has 4 aromatic rings. The summed E-state index contributed by atoms with van der Waals surface area (Å²) in [5.41, 5.74) is 7.99. The molecule has 7 nitrogen and oxygen atoms in total. The van der Waals surface area contributed by atoms with Gasteiger partial charge >= 0.3 is 5.97 Å². The first-order valence-electron chi connectivity index (χ1n) is 8.65. The number of hydrogen-bond acceptors (Lipinski definition) is 4. The number of nitrogens with two attached hydrogens (primary N) is 1. The molecule has 0 amide bonds. The number of carbonyl (C=O) groups is 1. The van der Waals surface area contributed by atoms with E-state index in [4.69, 9.17) is 10.6 Å². The Morgan fingerprint density at radius 3 is 2.71 bits per heavy atom. The first kappa shape index (κ1) is 17.5. The molecule has 4 rings (SSSR count). The lowest BCUT2D eigenvalue weighted by molar-refractivity contribution is 0.0686. The molecule has 0 saturated carbocycles. The third kappa shape index (κ3) is 3.03. The molecule has 0 aliphatic carbocycles. The van der Waals surface area contributed by atoms with Crippen LogP contribution in [0.2, 0.25) is 0 Å². The maximum absolute atomic E-state index is 11.8. The van der Waals surface area contributed by atoms with Crippen LogP contribution in [-0.4, -0.2) is 33.6 Å². The van der Waals surface area contributed by atoms with Crippen molar-refractivity contribution in [3.05, 3.63) is 77.6 Å². The molecule has 0 atom stereocenters. The van der Waals surface area contributed by atoms with Gasteiger partial charge in [0.1, 0.15) is 24.1 Å². The molecule has 0 unspecified atom stereocenters. The van der Waals surface area contributed by atoms with Crippen LogP contribution in [0, 0.1) is 0 Å². The lowest BCUT2D eigenvalue weighted by Crippen LogP contribution is -2.16. The topological polar surface area (TPSA) is 103 Å². The largest absolute Gasteiger partial charge is 0.477 e. The van der Waals surface area contributed by atoms with Crippen molar-refractivity contribution < 1.29 is 14.7 Å². The highest BCUT2D eigenvalue weighted by Gasteiger charge is 2.18. The van der Waals surface area contributed by atoms with E-state index in [1.165, 1.54) is 7.11 Å². The van der Waals surface area contributed by atoms with Crippen LogP contribution >= 0.6 is 0 Å². The summed E-state index contributed by atoms with van der Waals surface area (Å²) < 4.78 is 1.68. The zero-order valence-electron chi connectivity index (χ0n) is 15.2. The average molecular weight is 374 g/mol. The molecule has 0 saturated heterocycles. The highest BCUT2D eigenvalue weighted by molar-refractivity contribution is 5.99. The summed E-state index contributed by atoms with van der Waals surface area (Å²) >= 11 is 0. The van der Waals surface area contributed by atoms with E-state index < -0.39 is 5.97 Å². The SMILES string of the molecule is CO/N=C(\N)c1ccc2cc(C(=O)O)n(Cc3cccc4ccccc34)c2n1. The quantitative estimate of drug-likeness (QED) is 0.317. The van der Waals surface area contributed by atoms with Gasteiger partial charge in [0, 0.05) is 5.39 Å². The zero-order valence-corrected chi connectivity index (χ0v) is 15.2. The summed E-state index contributed by atoms with van der Waals surface area (Å²) in [7, 11) is 1.40. The van der Waals surface area contributed by atoms with Gasteiger partial charge in [0.2, 0.25) is 0 Å². The normalized spacial score (nSPS) is 11.8. The Morgan fingerprint density at radius 1 is 1.14 bits per heavy atom. The standard InChI is InChI=1S/C21H18N4O3/c1-28-24-19(22)17-10-9-14-11-18(21(26)27)25(20(14)23-17)12-15-7-4-6-13-5-2-3-8-16(13)15/h2-11H,12H2,1H3,(H2,22,24)(H,26,27). The molecule has 0 aliphatic rings. The van der Waals surface area contributed by atoms with Crippen LogP contribution in [0.1, 0.15) is 21.7 Å². The second-order valence-corrected chi connectivity index (χ2v) is 6.33. The Morgan fingerprint density at radius 2 is 1.93 bits per heavy atom. The summed E-state index contributed by atoms with van der Waals surface area (Å²) in [5, 5.41) is 16.3. The van der Waals surface area contributed by atoms with Crippen molar-refractivity contribution in [3.63, 3.8) is 0 Å². The second kappa shape index (κ2) is 7.03. The van der Waals surface area contributed by atoms with E-state index in [0.29, 0.717) is 23.3 Å². The van der Waals surface area contributed by atoms with Crippen LogP contribution in [-0.2, 0) is 11.4 Å². The smallest absolute Gasteiger partial charge is 0.352 e. The van der Waals surface area contributed by atoms with Gasteiger partial charge < -0.3 is 20.2 Å². The second-order valence-electron chi connectivity index (χ2n) is 6.33. The first-order valence-corrected chi connectivity index (χ1v) is 8.65. The van der Waals surface area contributed by atoms with Crippen LogP contribution in [0.3, 0.4) is 0 Å². The number of pyridine rings is 1.